The number of ether oxygens (including phenoxy) is 1. The van der Waals surface area contributed by atoms with Crippen LogP contribution in [0.15, 0.2) is 30.3 Å². The zero-order chi connectivity index (χ0) is 29.7. The number of halogens is 8. The highest BCUT2D eigenvalue weighted by molar-refractivity contribution is 5.83. The molecule has 1 fully saturated rings. The number of carbonyl (C=O) groups excluding carboxylic acids is 1. The Labute approximate surface area is 228 Å². The Morgan fingerprint density at radius 1 is 0.900 bits per heavy atom. The molecule has 1 aliphatic rings. The number of nitrogens with zero attached hydrogens (tertiary/aromatic N) is 1. The third-order valence-electron chi connectivity index (χ3n) is 7.16. The number of carbonyl (C=O) groups is 1. The van der Waals surface area contributed by atoms with Gasteiger partial charge in [0.15, 0.2) is 11.6 Å². The van der Waals surface area contributed by atoms with Gasteiger partial charge in [0.25, 0.3) is 5.91 Å². The van der Waals surface area contributed by atoms with E-state index in [0.29, 0.717) is 31.0 Å². The molecule has 0 saturated carbocycles. The predicted octanol–water partition coefficient (Wildman–Crippen LogP) is 9.10. The second kappa shape index (κ2) is 13.3. The molecule has 2 unspecified atom stereocenters. The fourth-order valence-electron chi connectivity index (χ4n) is 5.18. The molecule has 0 N–H and O–H groups in total. The topological polar surface area (TPSA) is 29.5 Å². The predicted molar refractivity (Wildman–Crippen MR) is 134 cm³/mol. The Morgan fingerprint density at radius 3 is 2.17 bits per heavy atom. The lowest BCUT2D eigenvalue weighted by Crippen LogP contribution is -2.49. The number of hydrogen-bond acceptors (Lipinski definition) is 2. The van der Waals surface area contributed by atoms with E-state index in [9.17, 15) is 39.9 Å². The van der Waals surface area contributed by atoms with E-state index < -0.39 is 69.9 Å². The van der Waals surface area contributed by atoms with Gasteiger partial charge in [-0.2, -0.15) is 26.3 Å². The number of hydrogen-bond donors (Lipinski definition) is 0. The molecule has 1 heterocycles. The van der Waals surface area contributed by atoms with Gasteiger partial charge in [0, 0.05) is 6.54 Å². The molecular formula is C29H33F8NO2. The van der Waals surface area contributed by atoms with E-state index in [1.807, 2.05) is 0 Å². The van der Waals surface area contributed by atoms with E-state index in [-0.39, 0.29) is 25.6 Å². The number of rotatable bonds is 11. The molecule has 1 amide bonds. The maximum absolute atomic E-state index is 14.2. The van der Waals surface area contributed by atoms with Crippen molar-refractivity contribution in [3.05, 3.63) is 58.7 Å². The van der Waals surface area contributed by atoms with Crippen LogP contribution in [-0.4, -0.2) is 30.1 Å². The summed E-state index contributed by atoms with van der Waals surface area (Å²) >= 11 is 0. The second-order valence-electron chi connectivity index (χ2n) is 9.98. The largest absolute Gasteiger partial charge is 0.417 e. The average Bonchev–Trinajstić information content (AvgIpc) is 2.88. The maximum Gasteiger partial charge on any atom is 0.417 e. The van der Waals surface area contributed by atoms with E-state index >= 15 is 0 Å². The Balaban J connectivity index is 2.08. The van der Waals surface area contributed by atoms with Gasteiger partial charge < -0.3 is 9.64 Å². The average molecular weight is 580 g/mol. The molecule has 222 valence electrons. The van der Waals surface area contributed by atoms with Crippen molar-refractivity contribution < 1.29 is 44.7 Å². The molecule has 0 radical (unpaired) electrons. The number of morpholine rings is 1. The third-order valence-corrected chi connectivity index (χ3v) is 7.16. The summed E-state index contributed by atoms with van der Waals surface area (Å²) in [6, 6.07) is 1.36. The first-order valence-corrected chi connectivity index (χ1v) is 13.5. The van der Waals surface area contributed by atoms with Gasteiger partial charge >= 0.3 is 12.4 Å². The van der Waals surface area contributed by atoms with Crippen molar-refractivity contribution >= 4 is 5.91 Å². The Morgan fingerprint density at radius 2 is 1.57 bits per heavy atom. The molecule has 1 aliphatic heterocycles. The second-order valence-corrected chi connectivity index (χ2v) is 9.98. The normalized spacial score (nSPS) is 17.4. The van der Waals surface area contributed by atoms with Crippen LogP contribution in [-0.2, 0) is 21.9 Å². The zero-order valence-corrected chi connectivity index (χ0v) is 22.4. The number of unbranched alkanes of at least 4 members (excludes halogenated alkanes) is 5. The van der Waals surface area contributed by atoms with Gasteiger partial charge in [-0.25, -0.2) is 8.78 Å². The molecule has 0 bridgehead atoms. The first kappa shape index (κ1) is 31.8. The van der Waals surface area contributed by atoms with Crippen LogP contribution in [0.25, 0.3) is 11.1 Å². The number of amides is 1. The van der Waals surface area contributed by atoms with Gasteiger partial charge in [-0.05, 0) is 53.8 Å². The number of alkyl halides is 6. The molecule has 2 atom stereocenters. The van der Waals surface area contributed by atoms with Gasteiger partial charge in [-0.1, -0.05) is 58.4 Å². The minimum atomic E-state index is -5.26. The summed E-state index contributed by atoms with van der Waals surface area (Å²) in [5.74, 6) is -3.29. The van der Waals surface area contributed by atoms with Crippen LogP contribution in [0.4, 0.5) is 35.1 Å². The van der Waals surface area contributed by atoms with Gasteiger partial charge in [0.1, 0.15) is 6.10 Å². The van der Waals surface area contributed by atoms with E-state index in [4.69, 9.17) is 4.74 Å². The minimum Gasteiger partial charge on any atom is -0.367 e. The lowest BCUT2D eigenvalue weighted by molar-refractivity contribution is -0.157. The summed E-state index contributed by atoms with van der Waals surface area (Å²) in [5.41, 5.74) is -4.81. The van der Waals surface area contributed by atoms with Crippen LogP contribution in [0.2, 0.25) is 0 Å². The van der Waals surface area contributed by atoms with Crippen LogP contribution >= 0.6 is 0 Å². The lowest BCUT2D eigenvalue weighted by atomic mass is 9.86. The summed E-state index contributed by atoms with van der Waals surface area (Å²) in [7, 11) is 0. The maximum atomic E-state index is 14.2. The number of benzene rings is 2. The lowest BCUT2D eigenvalue weighted by Gasteiger charge is -2.39. The molecule has 2 aromatic carbocycles. The fourth-order valence-corrected chi connectivity index (χ4v) is 5.18. The molecule has 11 heteroatoms. The first-order valence-electron chi connectivity index (χ1n) is 13.5. The third kappa shape index (κ3) is 7.53. The molecule has 40 heavy (non-hydrogen) atoms. The molecule has 1 saturated heterocycles. The molecule has 0 spiro atoms. The van der Waals surface area contributed by atoms with Crippen LogP contribution in [0, 0.1) is 11.6 Å². The van der Waals surface area contributed by atoms with Crippen LogP contribution < -0.4 is 0 Å². The van der Waals surface area contributed by atoms with Gasteiger partial charge in [0.05, 0.1) is 23.8 Å². The van der Waals surface area contributed by atoms with Crippen molar-refractivity contribution in [1.82, 2.24) is 4.90 Å². The van der Waals surface area contributed by atoms with Crippen LogP contribution in [0.3, 0.4) is 0 Å². The Bertz CT molecular complexity index is 1160. The first-order chi connectivity index (χ1) is 18.8. The summed E-state index contributed by atoms with van der Waals surface area (Å²) in [4.78, 5) is 14.7. The SMILES string of the molecule is CCCCCCCCC1OCCN(C(CC)c2cc(C(F)(F)F)cc(C(F)(F)F)c2-c2ccc(F)c(F)c2)C1=O. The van der Waals surface area contributed by atoms with Crippen molar-refractivity contribution in [3.63, 3.8) is 0 Å². The van der Waals surface area contributed by atoms with Gasteiger partial charge in [-0.15, -0.1) is 0 Å². The minimum absolute atomic E-state index is 0.0231. The molecule has 3 rings (SSSR count). The van der Waals surface area contributed by atoms with Crippen molar-refractivity contribution in [2.45, 2.75) is 89.7 Å². The highest BCUT2D eigenvalue weighted by Crippen LogP contribution is 2.46. The van der Waals surface area contributed by atoms with Crippen molar-refractivity contribution in [1.29, 1.82) is 0 Å². The van der Waals surface area contributed by atoms with E-state index in [1.54, 1.807) is 6.92 Å². The summed E-state index contributed by atoms with van der Waals surface area (Å²) < 4.78 is 118. The van der Waals surface area contributed by atoms with Gasteiger partial charge in [0.2, 0.25) is 0 Å². The molecular weight excluding hydrogens is 546 g/mol. The summed E-state index contributed by atoms with van der Waals surface area (Å²) in [5, 5.41) is 0. The van der Waals surface area contributed by atoms with Crippen LogP contribution in [0.1, 0.15) is 87.9 Å². The molecule has 0 aromatic heterocycles. The monoisotopic (exact) mass is 579 g/mol. The Hall–Kier alpha value is -2.69. The molecule has 2 aromatic rings. The highest BCUT2D eigenvalue weighted by Gasteiger charge is 2.42. The smallest absolute Gasteiger partial charge is 0.367 e. The van der Waals surface area contributed by atoms with E-state index in [1.165, 1.54) is 4.90 Å². The Kier molecular flexibility index (Phi) is 10.6. The summed E-state index contributed by atoms with van der Waals surface area (Å²) in [6.45, 7) is 3.65. The molecule has 3 nitrogen and oxygen atoms in total. The summed E-state index contributed by atoms with van der Waals surface area (Å²) in [6.07, 6.45) is -5.12. The standard InChI is InChI=1S/C29H33F8NO2/c1-3-5-6-7-8-9-10-25-27(39)38(13-14-40-25)24(4-2)20-16-19(28(32,33)34)17-21(29(35,36)37)26(20)18-11-12-22(30)23(31)15-18/h11-12,15-17,24-25H,3-10,13-14H2,1-2H3. The zero-order valence-electron chi connectivity index (χ0n) is 22.4. The van der Waals surface area contributed by atoms with Crippen molar-refractivity contribution in [2.24, 2.45) is 0 Å². The van der Waals surface area contributed by atoms with E-state index in [2.05, 4.69) is 6.92 Å². The fraction of sp³-hybridized carbons (Fsp3) is 0.552. The molecule has 0 aliphatic carbocycles. The van der Waals surface area contributed by atoms with Crippen LogP contribution in [0.5, 0.6) is 0 Å². The van der Waals surface area contributed by atoms with Crippen molar-refractivity contribution in [3.8, 4) is 11.1 Å². The quantitative estimate of drug-likeness (QED) is 0.196. The van der Waals surface area contributed by atoms with Gasteiger partial charge in [-0.3, -0.25) is 4.79 Å². The highest BCUT2D eigenvalue weighted by atomic mass is 19.4. The van der Waals surface area contributed by atoms with E-state index in [0.717, 1.165) is 38.2 Å². The van der Waals surface area contributed by atoms with Crippen molar-refractivity contribution in [2.75, 3.05) is 13.2 Å².